The van der Waals surface area contributed by atoms with Gasteiger partial charge >= 0.3 is 6.09 Å². The average molecular weight is 494 g/mol. The van der Waals surface area contributed by atoms with Crippen molar-refractivity contribution in [1.29, 1.82) is 0 Å². The number of thiocarbonyl (C=S) groups is 1. The Morgan fingerprint density at radius 1 is 1.12 bits per heavy atom. The molecule has 0 aliphatic heterocycles. The van der Waals surface area contributed by atoms with E-state index in [-0.39, 0.29) is 6.61 Å². The van der Waals surface area contributed by atoms with Crippen LogP contribution in [0.4, 0.5) is 4.79 Å². The highest BCUT2D eigenvalue weighted by Crippen LogP contribution is 2.28. The summed E-state index contributed by atoms with van der Waals surface area (Å²) in [6, 6.07) is 13.4. The molecule has 2 rings (SSSR count). The fourth-order valence-corrected chi connectivity index (χ4v) is 3.24. The van der Waals surface area contributed by atoms with Gasteiger partial charge in [0.2, 0.25) is 0 Å². The average Bonchev–Trinajstić information content (AvgIpc) is 2.74. The SMILES string of the molecule is COc1cc(CN(CCc2ccc(Cl)cc2)C(N)=S)ccc1OCCNC(=O)OC(C)(C)C. The van der Waals surface area contributed by atoms with Crippen LogP contribution in [0.25, 0.3) is 0 Å². The predicted molar refractivity (Wildman–Crippen MR) is 135 cm³/mol. The molecule has 0 aliphatic rings. The van der Waals surface area contributed by atoms with Gasteiger partial charge in [0, 0.05) is 18.1 Å². The predicted octanol–water partition coefficient (Wildman–Crippen LogP) is 4.54. The van der Waals surface area contributed by atoms with Gasteiger partial charge in [-0.05, 0) is 74.8 Å². The van der Waals surface area contributed by atoms with Gasteiger partial charge in [-0.1, -0.05) is 29.8 Å². The molecule has 0 radical (unpaired) electrons. The molecule has 0 saturated carbocycles. The zero-order valence-corrected chi connectivity index (χ0v) is 21.1. The molecule has 33 heavy (non-hydrogen) atoms. The second-order valence-corrected chi connectivity index (χ2v) is 9.25. The molecule has 9 heteroatoms. The second kappa shape index (κ2) is 12.5. The Labute approximate surface area is 206 Å². The van der Waals surface area contributed by atoms with Crippen molar-refractivity contribution in [3.8, 4) is 11.5 Å². The highest BCUT2D eigenvalue weighted by atomic mass is 35.5. The van der Waals surface area contributed by atoms with Crippen LogP contribution in [-0.4, -0.2) is 48.5 Å². The first-order valence-corrected chi connectivity index (χ1v) is 11.4. The first-order valence-electron chi connectivity index (χ1n) is 10.6. The summed E-state index contributed by atoms with van der Waals surface area (Å²) in [6.45, 7) is 7.23. The molecule has 180 valence electrons. The van der Waals surface area contributed by atoms with Crippen molar-refractivity contribution in [2.24, 2.45) is 5.73 Å². The molecule has 2 aromatic rings. The van der Waals surface area contributed by atoms with E-state index in [0.717, 1.165) is 17.5 Å². The number of methoxy groups -OCH3 is 1. The van der Waals surface area contributed by atoms with Gasteiger partial charge in [0.25, 0.3) is 0 Å². The lowest BCUT2D eigenvalue weighted by molar-refractivity contribution is 0.0520. The summed E-state index contributed by atoms with van der Waals surface area (Å²) in [5, 5.41) is 3.70. The summed E-state index contributed by atoms with van der Waals surface area (Å²) in [7, 11) is 1.58. The molecular weight excluding hydrogens is 462 g/mol. The Hall–Kier alpha value is -2.71. The van der Waals surface area contributed by atoms with Crippen LogP contribution < -0.4 is 20.5 Å². The van der Waals surface area contributed by atoms with E-state index in [1.54, 1.807) is 7.11 Å². The lowest BCUT2D eigenvalue weighted by Gasteiger charge is -2.23. The first-order chi connectivity index (χ1) is 15.6. The fraction of sp³-hybridized carbons (Fsp3) is 0.417. The van der Waals surface area contributed by atoms with E-state index < -0.39 is 11.7 Å². The minimum Gasteiger partial charge on any atom is -0.493 e. The van der Waals surface area contributed by atoms with E-state index in [9.17, 15) is 4.79 Å². The van der Waals surface area contributed by atoms with Gasteiger partial charge in [-0.2, -0.15) is 0 Å². The van der Waals surface area contributed by atoms with Crippen molar-refractivity contribution in [2.45, 2.75) is 39.3 Å². The molecule has 0 bridgehead atoms. The van der Waals surface area contributed by atoms with Crippen molar-refractivity contribution in [3.63, 3.8) is 0 Å². The summed E-state index contributed by atoms with van der Waals surface area (Å²) in [5.74, 6) is 1.17. The molecule has 0 atom stereocenters. The van der Waals surface area contributed by atoms with Crippen molar-refractivity contribution in [3.05, 3.63) is 58.6 Å². The molecule has 7 nitrogen and oxygen atoms in total. The maximum absolute atomic E-state index is 11.7. The Balaban J connectivity index is 1.91. The number of nitrogens with zero attached hydrogens (tertiary/aromatic N) is 1. The van der Waals surface area contributed by atoms with Crippen LogP contribution in [0.5, 0.6) is 11.5 Å². The van der Waals surface area contributed by atoms with Crippen molar-refractivity contribution < 1.29 is 19.0 Å². The normalized spacial score (nSPS) is 10.9. The van der Waals surface area contributed by atoms with E-state index in [2.05, 4.69) is 5.32 Å². The van der Waals surface area contributed by atoms with Gasteiger partial charge in [-0.25, -0.2) is 4.79 Å². The minimum absolute atomic E-state index is 0.273. The second-order valence-electron chi connectivity index (χ2n) is 8.40. The van der Waals surface area contributed by atoms with E-state index in [1.165, 1.54) is 0 Å². The highest BCUT2D eigenvalue weighted by molar-refractivity contribution is 7.80. The van der Waals surface area contributed by atoms with E-state index in [1.807, 2.05) is 68.1 Å². The maximum atomic E-state index is 11.7. The Morgan fingerprint density at radius 2 is 1.79 bits per heavy atom. The van der Waals surface area contributed by atoms with Crippen LogP contribution in [0.15, 0.2) is 42.5 Å². The fourth-order valence-electron chi connectivity index (χ4n) is 2.96. The standard InChI is InChI=1S/C24H32ClN3O4S/c1-24(2,3)32-23(29)27-12-14-31-20-10-7-18(15-21(20)30-4)16-28(22(26)33)13-11-17-5-8-19(25)9-6-17/h5-10,15H,11-14,16H2,1-4H3,(H2,26,33)(H,27,29). The summed E-state index contributed by atoms with van der Waals surface area (Å²) < 4.78 is 16.4. The largest absolute Gasteiger partial charge is 0.493 e. The number of nitrogens with one attached hydrogen (secondary N) is 1. The quantitative estimate of drug-likeness (QED) is 0.371. The Kier molecular flexibility index (Phi) is 10.1. The van der Waals surface area contributed by atoms with E-state index >= 15 is 0 Å². The number of hydrogen-bond donors (Lipinski definition) is 2. The van der Waals surface area contributed by atoms with Crippen LogP contribution in [0.1, 0.15) is 31.9 Å². The van der Waals surface area contributed by atoms with Gasteiger partial charge < -0.3 is 30.2 Å². The third-order valence-corrected chi connectivity index (χ3v) is 5.03. The molecule has 0 fully saturated rings. The number of nitrogens with two attached hydrogens (primary N) is 1. The van der Waals surface area contributed by atoms with Crippen LogP contribution in [-0.2, 0) is 17.7 Å². The third kappa shape index (κ3) is 9.75. The molecule has 0 saturated heterocycles. The lowest BCUT2D eigenvalue weighted by atomic mass is 10.1. The van der Waals surface area contributed by atoms with E-state index in [0.29, 0.717) is 41.3 Å². The Morgan fingerprint density at radius 3 is 2.39 bits per heavy atom. The highest BCUT2D eigenvalue weighted by Gasteiger charge is 2.16. The van der Waals surface area contributed by atoms with Crippen molar-refractivity contribution in [2.75, 3.05) is 26.8 Å². The van der Waals surface area contributed by atoms with Crippen molar-refractivity contribution in [1.82, 2.24) is 10.2 Å². The lowest BCUT2D eigenvalue weighted by Crippen LogP contribution is -2.36. The number of ether oxygens (including phenoxy) is 3. The monoisotopic (exact) mass is 493 g/mol. The summed E-state index contributed by atoms with van der Waals surface area (Å²) in [5.41, 5.74) is 7.55. The van der Waals surface area contributed by atoms with Gasteiger partial charge in [0.1, 0.15) is 12.2 Å². The van der Waals surface area contributed by atoms with Gasteiger partial charge in [-0.3, -0.25) is 0 Å². The zero-order valence-electron chi connectivity index (χ0n) is 19.5. The number of benzene rings is 2. The zero-order chi connectivity index (χ0) is 24.4. The molecule has 3 N–H and O–H groups in total. The molecule has 2 aromatic carbocycles. The Bertz CT molecular complexity index is 932. The molecule has 0 aromatic heterocycles. The summed E-state index contributed by atoms with van der Waals surface area (Å²) in [4.78, 5) is 13.6. The van der Waals surface area contributed by atoms with Crippen LogP contribution >= 0.6 is 23.8 Å². The van der Waals surface area contributed by atoms with E-state index in [4.69, 9.17) is 43.8 Å². The molecule has 0 spiro atoms. The number of hydrogen-bond acceptors (Lipinski definition) is 5. The number of amides is 1. The topological polar surface area (TPSA) is 86.0 Å². The number of rotatable bonds is 10. The number of halogens is 1. The summed E-state index contributed by atoms with van der Waals surface area (Å²) >= 11 is 11.2. The first kappa shape index (κ1) is 26.5. The van der Waals surface area contributed by atoms with Crippen LogP contribution in [0, 0.1) is 0 Å². The molecule has 0 aliphatic carbocycles. The van der Waals surface area contributed by atoms with Crippen LogP contribution in [0.2, 0.25) is 5.02 Å². The number of carbonyl (C=O) groups excluding carboxylic acids is 1. The maximum Gasteiger partial charge on any atom is 0.407 e. The molecule has 0 unspecified atom stereocenters. The summed E-state index contributed by atoms with van der Waals surface area (Å²) in [6.07, 6.45) is 0.308. The third-order valence-electron chi connectivity index (χ3n) is 4.52. The minimum atomic E-state index is -0.543. The molecule has 1 amide bonds. The van der Waals surface area contributed by atoms with Crippen molar-refractivity contribution >= 4 is 35.0 Å². The van der Waals surface area contributed by atoms with Gasteiger partial charge in [-0.15, -0.1) is 0 Å². The molecular formula is C24H32ClN3O4S. The number of carbonyl (C=O) groups is 1. The molecule has 0 heterocycles. The van der Waals surface area contributed by atoms with Gasteiger partial charge in [0.05, 0.1) is 13.7 Å². The van der Waals surface area contributed by atoms with Gasteiger partial charge in [0.15, 0.2) is 16.6 Å². The number of alkyl carbamates (subject to hydrolysis) is 1. The van der Waals surface area contributed by atoms with Crippen LogP contribution in [0.3, 0.4) is 0 Å². The smallest absolute Gasteiger partial charge is 0.407 e.